The second-order valence-corrected chi connectivity index (χ2v) is 9.06. The molecule has 152 valence electrons. The van der Waals surface area contributed by atoms with E-state index >= 15 is 0 Å². The van der Waals surface area contributed by atoms with Gasteiger partial charge in [0.2, 0.25) is 0 Å². The van der Waals surface area contributed by atoms with Gasteiger partial charge in [0.1, 0.15) is 11.6 Å². The van der Waals surface area contributed by atoms with Crippen LogP contribution in [0.25, 0.3) is 5.69 Å². The molecule has 0 aliphatic heterocycles. The molecule has 0 fully saturated rings. The highest BCUT2D eigenvalue weighted by molar-refractivity contribution is 9.10. The Kier molecular flexibility index (Phi) is 6.13. The number of hydrogen-bond donors (Lipinski definition) is 1. The van der Waals surface area contributed by atoms with E-state index in [0.717, 1.165) is 21.4 Å². The van der Waals surface area contributed by atoms with Crippen LogP contribution in [0.15, 0.2) is 53.0 Å². The molecule has 29 heavy (non-hydrogen) atoms. The van der Waals surface area contributed by atoms with Crippen molar-refractivity contribution in [2.24, 2.45) is 0 Å². The van der Waals surface area contributed by atoms with Crippen LogP contribution in [0.2, 0.25) is 0 Å². The Morgan fingerprint density at radius 1 is 1.10 bits per heavy atom. The largest absolute Gasteiger partial charge is 0.484 e. The molecule has 0 aliphatic rings. The molecule has 1 heterocycles. The second-order valence-electron chi connectivity index (χ2n) is 8.14. The fourth-order valence-electron chi connectivity index (χ4n) is 2.77. The lowest BCUT2D eigenvalue weighted by atomic mass is 9.92. The number of aryl methyl sites for hydroxylation is 2. The number of nitrogens with zero attached hydrogens (tertiary/aromatic N) is 2. The summed E-state index contributed by atoms with van der Waals surface area (Å²) in [7, 11) is 0. The van der Waals surface area contributed by atoms with Gasteiger partial charge < -0.3 is 10.1 Å². The van der Waals surface area contributed by atoms with Crippen LogP contribution < -0.4 is 10.1 Å². The summed E-state index contributed by atoms with van der Waals surface area (Å²) in [6.45, 7) is 10.3. The number of benzene rings is 2. The lowest BCUT2D eigenvalue weighted by Gasteiger charge is -2.14. The van der Waals surface area contributed by atoms with Crippen molar-refractivity contribution in [3.05, 3.63) is 69.8 Å². The minimum atomic E-state index is -0.236. The molecular formula is C23H26BrN3O2. The molecule has 6 heteroatoms. The van der Waals surface area contributed by atoms with E-state index in [2.05, 4.69) is 42.0 Å². The topological polar surface area (TPSA) is 56.1 Å². The molecule has 2 aromatic carbocycles. The second kappa shape index (κ2) is 8.41. The van der Waals surface area contributed by atoms with Crippen LogP contribution in [0.3, 0.4) is 0 Å². The minimum absolute atomic E-state index is 0.0724. The maximum absolute atomic E-state index is 12.6. The van der Waals surface area contributed by atoms with Crippen molar-refractivity contribution in [2.45, 2.75) is 40.0 Å². The Labute approximate surface area is 180 Å². The number of amides is 1. The Hall–Kier alpha value is -2.60. The summed E-state index contributed by atoms with van der Waals surface area (Å²) in [4.78, 5) is 12.6. The predicted molar refractivity (Wildman–Crippen MR) is 120 cm³/mol. The van der Waals surface area contributed by atoms with Crippen molar-refractivity contribution in [3.63, 3.8) is 0 Å². The number of ether oxygens (including phenoxy) is 1. The van der Waals surface area contributed by atoms with Crippen molar-refractivity contribution in [1.82, 2.24) is 9.78 Å². The summed E-state index contributed by atoms with van der Waals surface area (Å²) in [5.41, 5.74) is 3.93. The zero-order valence-corrected chi connectivity index (χ0v) is 19.0. The molecule has 3 aromatic rings. The number of hydrogen-bond acceptors (Lipinski definition) is 3. The third-order valence-electron chi connectivity index (χ3n) is 4.65. The van der Waals surface area contributed by atoms with Gasteiger partial charge in [0.05, 0.1) is 11.4 Å². The first-order chi connectivity index (χ1) is 13.6. The van der Waals surface area contributed by atoms with Crippen LogP contribution in [0.5, 0.6) is 5.75 Å². The average molecular weight is 456 g/mol. The van der Waals surface area contributed by atoms with E-state index < -0.39 is 0 Å². The number of halogens is 1. The van der Waals surface area contributed by atoms with Crippen LogP contribution in [0.4, 0.5) is 5.82 Å². The minimum Gasteiger partial charge on any atom is -0.484 e. The smallest absolute Gasteiger partial charge is 0.263 e. The Balaban J connectivity index is 1.80. The third-order valence-corrected chi connectivity index (χ3v) is 5.14. The normalized spacial score (nSPS) is 11.4. The molecule has 0 bridgehead atoms. The molecule has 0 aliphatic carbocycles. The Morgan fingerprint density at radius 3 is 2.52 bits per heavy atom. The van der Waals surface area contributed by atoms with Gasteiger partial charge in [0.25, 0.3) is 5.91 Å². The first-order valence-electron chi connectivity index (χ1n) is 9.50. The zero-order valence-electron chi connectivity index (χ0n) is 17.4. The van der Waals surface area contributed by atoms with Crippen LogP contribution in [-0.4, -0.2) is 22.3 Å². The van der Waals surface area contributed by atoms with E-state index in [4.69, 9.17) is 9.84 Å². The fraction of sp³-hybridized carbons (Fsp3) is 0.304. The third kappa shape index (κ3) is 5.26. The van der Waals surface area contributed by atoms with Gasteiger partial charge in [0, 0.05) is 16.0 Å². The van der Waals surface area contributed by atoms with Gasteiger partial charge >= 0.3 is 0 Å². The molecular weight excluding hydrogens is 430 g/mol. The molecule has 1 N–H and O–H groups in total. The van der Waals surface area contributed by atoms with Crippen LogP contribution in [0.1, 0.15) is 37.6 Å². The van der Waals surface area contributed by atoms with Gasteiger partial charge in [0.15, 0.2) is 6.61 Å². The molecule has 0 saturated carbocycles. The molecule has 0 atom stereocenters. The van der Waals surface area contributed by atoms with Crippen molar-refractivity contribution < 1.29 is 9.53 Å². The lowest BCUT2D eigenvalue weighted by Crippen LogP contribution is -2.22. The van der Waals surface area contributed by atoms with E-state index in [9.17, 15) is 4.79 Å². The van der Waals surface area contributed by atoms with E-state index in [0.29, 0.717) is 11.6 Å². The van der Waals surface area contributed by atoms with Gasteiger partial charge in [-0.3, -0.25) is 4.79 Å². The molecule has 0 saturated heterocycles. The highest BCUT2D eigenvalue weighted by Crippen LogP contribution is 2.27. The van der Waals surface area contributed by atoms with Crippen LogP contribution >= 0.6 is 15.9 Å². The fourth-order valence-corrected chi connectivity index (χ4v) is 3.16. The maximum atomic E-state index is 12.6. The number of nitrogens with one attached hydrogen (secondary N) is 1. The summed E-state index contributed by atoms with van der Waals surface area (Å²) < 4.78 is 8.36. The summed E-state index contributed by atoms with van der Waals surface area (Å²) in [5.74, 6) is 1.06. The first kappa shape index (κ1) is 21.1. The van der Waals surface area contributed by atoms with E-state index in [-0.39, 0.29) is 17.9 Å². The Bertz CT molecular complexity index is 1030. The molecule has 5 nitrogen and oxygen atoms in total. The zero-order chi connectivity index (χ0) is 21.2. The molecule has 0 unspecified atom stereocenters. The SMILES string of the molecule is Cc1ccc(OCC(=O)Nc2cc(C(C)(C)C)nn2-c2cccc(Br)c2)cc1C. The predicted octanol–water partition coefficient (Wildman–Crippen LogP) is 5.57. The van der Waals surface area contributed by atoms with E-state index in [1.807, 2.05) is 62.4 Å². The van der Waals surface area contributed by atoms with Gasteiger partial charge in [-0.25, -0.2) is 4.68 Å². The van der Waals surface area contributed by atoms with Crippen LogP contribution in [0, 0.1) is 13.8 Å². The quantitative estimate of drug-likeness (QED) is 0.547. The number of carbonyl (C=O) groups is 1. The molecule has 3 rings (SSSR count). The lowest BCUT2D eigenvalue weighted by molar-refractivity contribution is -0.118. The van der Waals surface area contributed by atoms with Crippen molar-refractivity contribution in [3.8, 4) is 11.4 Å². The summed E-state index contributed by atoms with van der Waals surface area (Å²) >= 11 is 3.49. The molecule has 0 spiro atoms. The summed E-state index contributed by atoms with van der Waals surface area (Å²) in [5, 5.41) is 7.66. The highest BCUT2D eigenvalue weighted by atomic mass is 79.9. The monoisotopic (exact) mass is 455 g/mol. The summed E-state index contributed by atoms with van der Waals surface area (Å²) in [6.07, 6.45) is 0. The number of anilines is 1. The standard InChI is InChI=1S/C23H26BrN3O2/c1-15-9-10-19(11-16(15)2)29-14-22(28)25-21-13-20(23(3,4)5)26-27(21)18-8-6-7-17(24)12-18/h6-13H,14H2,1-5H3,(H,25,28). The van der Waals surface area contributed by atoms with Crippen molar-refractivity contribution in [1.29, 1.82) is 0 Å². The maximum Gasteiger partial charge on any atom is 0.263 e. The highest BCUT2D eigenvalue weighted by Gasteiger charge is 2.21. The van der Waals surface area contributed by atoms with E-state index in [1.54, 1.807) is 4.68 Å². The number of rotatable bonds is 5. The van der Waals surface area contributed by atoms with Gasteiger partial charge in [-0.05, 0) is 55.3 Å². The van der Waals surface area contributed by atoms with Crippen LogP contribution in [-0.2, 0) is 10.2 Å². The number of aromatic nitrogens is 2. The summed E-state index contributed by atoms with van der Waals surface area (Å²) in [6, 6.07) is 15.5. The van der Waals surface area contributed by atoms with Gasteiger partial charge in [-0.1, -0.05) is 48.8 Å². The van der Waals surface area contributed by atoms with Crippen molar-refractivity contribution >= 4 is 27.7 Å². The molecule has 1 amide bonds. The molecule has 0 radical (unpaired) electrons. The van der Waals surface area contributed by atoms with E-state index in [1.165, 1.54) is 5.56 Å². The Morgan fingerprint density at radius 2 is 1.86 bits per heavy atom. The average Bonchev–Trinajstić information content (AvgIpc) is 3.07. The van der Waals surface area contributed by atoms with Gasteiger partial charge in [-0.2, -0.15) is 5.10 Å². The van der Waals surface area contributed by atoms with Crippen molar-refractivity contribution in [2.75, 3.05) is 11.9 Å². The van der Waals surface area contributed by atoms with Gasteiger partial charge in [-0.15, -0.1) is 0 Å². The molecule has 1 aromatic heterocycles. The number of carbonyl (C=O) groups excluding carboxylic acids is 1. The first-order valence-corrected chi connectivity index (χ1v) is 10.3.